The van der Waals surface area contributed by atoms with Crippen molar-refractivity contribution in [2.24, 2.45) is 0 Å². The molecule has 1 aliphatic rings. The molecule has 2 aromatic carbocycles. The number of hydrogen-bond donors (Lipinski definition) is 3. The zero-order valence-electron chi connectivity index (χ0n) is 20.4. The number of aliphatic hydroxyl groups excluding tert-OH is 1. The summed E-state index contributed by atoms with van der Waals surface area (Å²) >= 11 is 6.03. The van der Waals surface area contributed by atoms with E-state index in [1.165, 1.54) is 12.1 Å². The van der Waals surface area contributed by atoms with E-state index in [0.29, 0.717) is 24.5 Å². The molecule has 1 unspecified atom stereocenters. The van der Waals surface area contributed by atoms with Crippen LogP contribution in [0.4, 0.5) is 5.69 Å². The Kier molecular flexibility index (Phi) is 8.70. The van der Waals surface area contributed by atoms with Gasteiger partial charge in [0, 0.05) is 37.9 Å². The van der Waals surface area contributed by atoms with E-state index in [2.05, 4.69) is 15.1 Å². The lowest BCUT2D eigenvalue weighted by atomic mass is 10.1. The molecule has 3 aromatic rings. The number of sulfonamides is 1. The van der Waals surface area contributed by atoms with Crippen LogP contribution in [-0.2, 0) is 21.4 Å². The highest BCUT2D eigenvalue weighted by Gasteiger charge is 2.20. The molecule has 3 N–H and O–H groups in total. The van der Waals surface area contributed by atoms with Crippen LogP contribution in [0.25, 0.3) is 11.3 Å². The maximum Gasteiger partial charge on any atom is 0.244 e. The Balaban J connectivity index is 1.20. The Morgan fingerprint density at radius 1 is 1.19 bits per heavy atom. The van der Waals surface area contributed by atoms with Crippen LogP contribution < -0.4 is 14.8 Å². The van der Waals surface area contributed by atoms with E-state index in [1.807, 2.05) is 41.4 Å². The molecule has 37 heavy (non-hydrogen) atoms. The number of aliphatic hydroxyl groups is 1. The van der Waals surface area contributed by atoms with Gasteiger partial charge in [-0.2, -0.15) is 5.10 Å². The number of anilines is 1. The minimum atomic E-state index is -3.48. The maximum absolute atomic E-state index is 12.1. The first-order valence-electron chi connectivity index (χ1n) is 11.9. The van der Waals surface area contributed by atoms with Crippen LogP contribution in [0, 0.1) is 0 Å². The number of carbonyl (C=O) groups excluding carboxylic acids is 1. The van der Waals surface area contributed by atoms with Gasteiger partial charge in [-0.25, -0.2) is 8.42 Å². The fourth-order valence-corrected chi connectivity index (χ4v) is 4.54. The minimum absolute atomic E-state index is 0.0904. The summed E-state index contributed by atoms with van der Waals surface area (Å²) in [5, 5.41) is 18.3. The molecule has 0 radical (unpaired) electrons. The van der Waals surface area contributed by atoms with Gasteiger partial charge in [-0.05, 0) is 54.4 Å². The zero-order chi connectivity index (χ0) is 26.4. The molecule has 0 aliphatic carbocycles. The Bertz CT molecular complexity index is 1330. The van der Waals surface area contributed by atoms with E-state index in [4.69, 9.17) is 16.3 Å². The molecule has 4 rings (SSSR count). The van der Waals surface area contributed by atoms with Gasteiger partial charge in [0.15, 0.2) is 0 Å². The number of aromatic nitrogens is 2. The van der Waals surface area contributed by atoms with Crippen LogP contribution in [0.1, 0.15) is 18.1 Å². The quantitative estimate of drug-likeness (QED) is 0.297. The number of amides is 1. The SMILES string of the molecule is CS(=O)(=O)Nc1cc(C(O)CNCCOc2ccc(-c3ccn(CC(=O)N4CCC4)n3)cc2)ccc1Cl. The summed E-state index contributed by atoms with van der Waals surface area (Å²) in [6.45, 7) is 3.05. The lowest BCUT2D eigenvalue weighted by Gasteiger charge is -2.30. The highest BCUT2D eigenvalue weighted by molar-refractivity contribution is 7.92. The summed E-state index contributed by atoms with van der Waals surface area (Å²) in [7, 11) is -3.48. The Morgan fingerprint density at radius 2 is 1.95 bits per heavy atom. The van der Waals surface area contributed by atoms with Gasteiger partial charge < -0.3 is 20.1 Å². The van der Waals surface area contributed by atoms with Crippen molar-refractivity contribution in [3.63, 3.8) is 0 Å². The van der Waals surface area contributed by atoms with Crippen molar-refractivity contribution in [2.45, 2.75) is 19.1 Å². The number of likely N-dealkylation sites (tertiary alicyclic amines) is 1. The molecule has 2 heterocycles. The zero-order valence-corrected chi connectivity index (χ0v) is 22.0. The van der Waals surface area contributed by atoms with Crippen molar-refractivity contribution in [3.8, 4) is 17.0 Å². The molecule has 1 amide bonds. The van der Waals surface area contributed by atoms with E-state index in [1.54, 1.807) is 10.7 Å². The van der Waals surface area contributed by atoms with Crippen molar-refractivity contribution < 1.29 is 23.1 Å². The molecule has 12 heteroatoms. The van der Waals surface area contributed by atoms with Crippen molar-refractivity contribution in [2.75, 3.05) is 43.8 Å². The lowest BCUT2D eigenvalue weighted by molar-refractivity contribution is -0.135. The number of ether oxygens (including phenoxy) is 1. The fourth-order valence-electron chi connectivity index (χ4n) is 3.76. The molecular weight excluding hydrogens is 518 g/mol. The van der Waals surface area contributed by atoms with E-state index in [9.17, 15) is 18.3 Å². The van der Waals surface area contributed by atoms with Gasteiger partial charge in [-0.15, -0.1) is 0 Å². The molecule has 1 fully saturated rings. The van der Waals surface area contributed by atoms with Gasteiger partial charge in [0.2, 0.25) is 15.9 Å². The third-order valence-corrected chi connectivity index (χ3v) is 6.77. The second-order valence-electron chi connectivity index (χ2n) is 8.84. The van der Waals surface area contributed by atoms with Crippen molar-refractivity contribution >= 4 is 33.2 Å². The summed E-state index contributed by atoms with van der Waals surface area (Å²) in [6.07, 6.45) is 3.07. The third-order valence-electron chi connectivity index (χ3n) is 5.85. The highest BCUT2D eigenvalue weighted by atomic mass is 35.5. The number of nitrogens with zero attached hydrogens (tertiary/aromatic N) is 3. The van der Waals surface area contributed by atoms with Gasteiger partial charge in [0.05, 0.1) is 28.8 Å². The molecular formula is C25H30ClN5O5S. The summed E-state index contributed by atoms with van der Waals surface area (Å²) in [6, 6.07) is 14.1. The monoisotopic (exact) mass is 547 g/mol. The number of benzene rings is 2. The predicted molar refractivity (Wildman–Crippen MR) is 142 cm³/mol. The number of halogens is 1. The number of carbonyl (C=O) groups is 1. The fraction of sp³-hybridized carbons (Fsp3) is 0.360. The van der Waals surface area contributed by atoms with Crippen molar-refractivity contribution in [1.82, 2.24) is 20.0 Å². The topological polar surface area (TPSA) is 126 Å². The molecule has 1 atom stereocenters. The molecule has 1 aliphatic heterocycles. The molecule has 198 valence electrons. The van der Waals surface area contributed by atoms with Crippen LogP contribution in [-0.4, -0.2) is 73.2 Å². The van der Waals surface area contributed by atoms with Crippen LogP contribution in [0.2, 0.25) is 5.02 Å². The van der Waals surface area contributed by atoms with Crippen LogP contribution >= 0.6 is 11.6 Å². The average molecular weight is 548 g/mol. The predicted octanol–water partition coefficient (Wildman–Crippen LogP) is 2.51. The molecule has 0 spiro atoms. The van der Waals surface area contributed by atoms with E-state index >= 15 is 0 Å². The molecule has 0 bridgehead atoms. The van der Waals surface area contributed by atoms with Gasteiger partial charge in [0.25, 0.3) is 0 Å². The summed E-state index contributed by atoms with van der Waals surface area (Å²) in [5.41, 5.74) is 2.47. The molecule has 1 aromatic heterocycles. The Labute approximate surface area is 221 Å². The second kappa shape index (κ2) is 12.0. The van der Waals surface area contributed by atoms with Gasteiger partial charge in [-0.1, -0.05) is 17.7 Å². The normalized spacial score (nSPS) is 14.2. The minimum Gasteiger partial charge on any atom is -0.492 e. The van der Waals surface area contributed by atoms with Crippen LogP contribution in [0.5, 0.6) is 5.75 Å². The standard InChI is InChI=1S/C25H30ClN5O5S/c1-37(34,35)29-23-15-19(5-8-21(23)26)24(32)16-27-10-14-36-20-6-3-18(4-7-20)22-9-13-31(28-22)17-25(33)30-11-2-12-30/h3-9,13,15,24,27,29,32H,2,10-12,14,16-17H2,1H3. The highest BCUT2D eigenvalue weighted by Crippen LogP contribution is 2.26. The largest absolute Gasteiger partial charge is 0.492 e. The van der Waals surface area contributed by atoms with Crippen LogP contribution in [0.3, 0.4) is 0 Å². The summed E-state index contributed by atoms with van der Waals surface area (Å²) < 4.78 is 32.7. The second-order valence-corrected chi connectivity index (χ2v) is 11.0. The van der Waals surface area contributed by atoms with E-state index in [-0.39, 0.29) is 29.7 Å². The molecule has 0 saturated carbocycles. The smallest absolute Gasteiger partial charge is 0.244 e. The first kappa shape index (κ1) is 26.9. The van der Waals surface area contributed by atoms with Crippen LogP contribution in [0.15, 0.2) is 54.7 Å². The maximum atomic E-state index is 12.1. The number of rotatable bonds is 12. The average Bonchev–Trinajstić information content (AvgIpc) is 3.27. The molecule has 1 saturated heterocycles. The number of nitrogens with one attached hydrogen (secondary N) is 2. The number of hydrogen-bond acceptors (Lipinski definition) is 7. The Morgan fingerprint density at radius 3 is 2.62 bits per heavy atom. The van der Waals surface area contributed by atoms with Crippen molar-refractivity contribution in [1.29, 1.82) is 0 Å². The molecule has 10 nitrogen and oxygen atoms in total. The van der Waals surface area contributed by atoms with E-state index in [0.717, 1.165) is 37.0 Å². The van der Waals surface area contributed by atoms with Gasteiger partial charge in [-0.3, -0.25) is 14.2 Å². The Hall–Kier alpha value is -3.12. The summed E-state index contributed by atoms with van der Waals surface area (Å²) in [4.78, 5) is 13.9. The first-order chi connectivity index (χ1) is 17.7. The lowest BCUT2D eigenvalue weighted by Crippen LogP contribution is -2.43. The first-order valence-corrected chi connectivity index (χ1v) is 14.2. The van der Waals surface area contributed by atoms with Gasteiger partial charge in [0.1, 0.15) is 18.9 Å². The van der Waals surface area contributed by atoms with Gasteiger partial charge >= 0.3 is 0 Å². The van der Waals surface area contributed by atoms with Crippen molar-refractivity contribution in [3.05, 3.63) is 65.3 Å². The summed E-state index contributed by atoms with van der Waals surface area (Å²) in [5.74, 6) is 0.792. The van der Waals surface area contributed by atoms with E-state index < -0.39 is 16.1 Å². The third kappa shape index (κ3) is 7.68.